The fraction of sp³-hybridized carbons (Fsp3) is 0.231. The van der Waals surface area contributed by atoms with Gasteiger partial charge in [-0.25, -0.2) is 4.99 Å². The zero-order chi connectivity index (χ0) is 13.3. The Labute approximate surface area is 108 Å². The van der Waals surface area contributed by atoms with E-state index in [0.29, 0.717) is 10.6 Å². The third kappa shape index (κ3) is 2.41. The maximum atomic E-state index is 11.7. The molecule has 1 amide bonds. The molecule has 0 saturated heterocycles. The molecule has 0 N–H and O–H groups in total. The van der Waals surface area contributed by atoms with E-state index in [1.54, 1.807) is 12.1 Å². The summed E-state index contributed by atoms with van der Waals surface area (Å²) in [6.45, 7) is 3.18. The van der Waals surface area contributed by atoms with Crippen molar-refractivity contribution in [3.05, 3.63) is 35.4 Å². The van der Waals surface area contributed by atoms with Crippen LogP contribution < -0.4 is 0 Å². The number of nitrogens with zero attached hydrogens (tertiary/aromatic N) is 1. The molecule has 18 heavy (non-hydrogen) atoms. The number of carbonyl (C=O) groups excluding carboxylic acids is 3. The first-order chi connectivity index (χ1) is 8.49. The van der Waals surface area contributed by atoms with Gasteiger partial charge in [-0.15, -0.1) is 0 Å². The summed E-state index contributed by atoms with van der Waals surface area (Å²) in [4.78, 5) is 38.4. The quantitative estimate of drug-likeness (QED) is 0.761. The Hall–Kier alpha value is -1.75. The molecule has 2 rings (SSSR count). The molecule has 1 aromatic rings. The van der Waals surface area contributed by atoms with Crippen LogP contribution >= 0.6 is 11.8 Å². The molecular formula is C13H11NO3S. The second-order valence-corrected chi connectivity index (χ2v) is 5.08. The van der Waals surface area contributed by atoms with Gasteiger partial charge in [-0.05, 0) is 25.6 Å². The smallest absolute Gasteiger partial charge is 0.265 e. The fourth-order valence-corrected chi connectivity index (χ4v) is 2.57. The van der Waals surface area contributed by atoms with Crippen molar-refractivity contribution in [3.8, 4) is 0 Å². The molecule has 0 radical (unpaired) electrons. The van der Waals surface area contributed by atoms with Crippen molar-refractivity contribution >= 4 is 33.6 Å². The average Bonchev–Trinajstić information content (AvgIpc) is 2.28. The largest absolute Gasteiger partial charge is 0.299 e. The van der Waals surface area contributed by atoms with E-state index in [0.717, 1.165) is 17.3 Å². The lowest BCUT2D eigenvalue weighted by atomic mass is 10.1. The minimum Gasteiger partial charge on any atom is -0.299 e. The molecule has 0 spiro atoms. The molecule has 1 unspecified atom stereocenters. The van der Waals surface area contributed by atoms with Crippen LogP contribution in [0.5, 0.6) is 0 Å². The Kier molecular flexibility index (Phi) is 3.43. The topological polar surface area (TPSA) is 63.6 Å². The molecule has 1 atom stereocenters. The number of rotatable bonds is 2. The third-order valence-electron chi connectivity index (χ3n) is 2.60. The molecule has 0 bridgehead atoms. The van der Waals surface area contributed by atoms with Crippen LogP contribution in [0.15, 0.2) is 29.3 Å². The number of aliphatic imine (C=N–C) groups is 1. The minimum absolute atomic E-state index is 0.363. The number of thioether (sulfide) groups is 1. The SMILES string of the molecule is CC(=O)C1C(=O)N=C(c2ccc(C)cc2)SC1=O. The monoisotopic (exact) mass is 261 g/mol. The molecule has 1 aromatic carbocycles. The number of Topliss-reactive ketones (excluding diaryl/α,β-unsaturated/α-hetero) is 1. The van der Waals surface area contributed by atoms with Crippen molar-refractivity contribution in [3.63, 3.8) is 0 Å². The Morgan fingerprint density at radius 3 is 2.33 bits per heavy atom. The second-order valence-electron chi connectivity index (χ2n) is 4.09. The average molecular weight is 261 g/mol. The highest BCUT2D eigenvalue weighted by Crippen LogP contribution is 2.25. The third-order valence-corrected chi connectivity index (χ3v) is 3.55. The maximum absolute atomic E-state index is 11.7. The van der Waals surface area contributed by atoms with E-state index < -0.39 is 22.7 Å². The normalized spacial score (nSPS) is 19.7. The molecular weight excluding hydrogens is 250 g/mol. The van der Waals surface area contributed by atoms with Gasteiger partial charge in [-0.2, -0.15) is 0 Å². The van der Waals surface area contributed by atoms with E-state index in [-0.39, 0.29) is 0 Å². The molecule has 0 aromatic heterocycles. The highest BCUT2D eigenvalue weighted by molar-refractivity contribution is 8.27. The number of ketones is 1. The van der Waals surface area contributed by atoms with Gasteiger partial charge in [-0.1, -0.05) is 29.8 Å². The van der Waals surface area contributed by atoms with Crippen LogP contribution in [0.2, 0.25) is 0 Å². The Balaban J connectivity index is 2.35. The highest BCUT2D eigenvalue weighted by atomic mass is 32.2. The Morgan fingerprint density at radius 2 is 1.83 bits per heavy atom. The van der Waals surface area contributed by atoms with Gasteiger partial charge in [0.05, 0.1) is 0 Å². The van der Waals surface area contributed by atoms with Crippen LogP contribution in [0, 0.1) is 12.8 Å². The zero-order valence-corrected chi connectivity index (χ0v) is 10.8. The molecule has 92 valence electrons. The first kappa shape index (κ1) is 12.7. The van der Waals surface area contributed by atoms with E-state index >= 15 is 0 Å². The predicted molar refractivity (Wildman–Crippen MR) is 69.5 cm³/mol. The lowest BCUT2D eigenvalue weighted by Crippen LogP contribution is -2.32. The Morgan fingerprint density at radius 1 is 1.22 bits per heavy atom. The van der Waals surface area contributed by atoms with Gasteiger partial charge in [0, 0.05) is 5.56 Å². The van der Waals surface area contributed by atoms with E-state index in [4.69, 9.17) is 0 Å². The van der Waals surface area contributed by atoms with Crippen LogP contribution in [0.4, 0.5) is 0 Å². The molecule has 0 fully saturated rings. The lowest BCUT2D eigenvalue weighted by Gasteiger charge is -2.15. The van der Waals surface area contributed by atoms with Crippen LogP contribution in [0.3, 0.4) is 0 Å². The predicted octanol–water partition coefficient (Wildman–Crippen LogP) is 1.75. The van der Waals surface area contributed by atoms with Crippen LogP contribution in [0.1, 0.15) is 18.1 Å². The van der Waals surface area contributed by atoms with Crippen molar-refractivity contribution in [1.82, 2.24) is 0 Å². The molecule has 0 saturated carbocycles. The van der Waals surface area contributed by atoms with Crippen molar-refractivity contribution in [2.45, 2.75) is 13.8 Å². The summed E-state index contributed by atoms with van der Waals surface area (Å²) in [5.74, 6) is -2.35. The summed E-state index contributed by atoms with van der Waals surface area (Å²) in [6, 6.07) is 7.36. The van der Waals surface area contributed by atoms with Crippen LogP contribution in [-0.2, 0) is 14.4 Å². The van der Waals surface area contributed by atoms with E-state index in [1.165, 1.54) is 6.92 Å². The number of amides is 1. The highest BCUT2D eigenvalue weighted by Gasteiger charge is 2.36. The van der Waals surface area contributed by atoms with Crippen molar-refractivity contribution < 1.29 is 14.4 Å². The van der Waals surface area contributed by atoms with E-state index in [9.17, 15) is 14.4 Å². The molecule has 0 aliphatic carbocycles. The molecule has 1 aliphatic heterocycles. The van der Waals surface area contributed by atoms with Gasteiger partial charge >= 0.3 is 0 Å². The summed E-state index contributed by atoms with van der Waals surface area (Å²) in [5.41, 5.74) is 1.80. The number of aryl methyl sites for hydroxylation is 1. The van der Waals surface area contributed by atoms with Gasteiger partial charge in [0.15, 0.2) is 11.7 Å². The molecule has 5 heteroatoms. The van der Waals surface area contributed by atoms with Gasteiger partial charge in [0.2, 0.25) is 5.12 Å². The minimum atomic E-state index is -1.23. The number of carbonyl (C=O) groups is 3. The van der Waals surface area contributed by atoms with E-state index in [2.05, 4.69) is 4.99 Å². The second kappa shape index (κ2) is 4.86. The van der Waals surface area contributed by atoms with Crippen molar-refractivity contribution in [1.29, 1.82) is 0 Å². The van der Waals surface area contributed by atoms with Gasteiger partial charge in [0.1, 0.15) is 5.04 Å². The van der Waals surface area contributed by atoms with Gasteiger partial charge < -0.3 is 0 Å². The molecule has 1 heterocycles. The van der Waals surface area contributed by atoms with Gasteiger partial charge in [-0.3, -0.25) is 14.4 Å². The maximum Gasteiger partial charge on any atom is 0.265 e. The van der Waals surface area contributed by atoms with E-state index in [1.807, 2.05) is 19.1 Å². The number of hydrogen-bond acceptors (Lipinski definition) is 4. The van der Waals surface area contributed by atoms with Crippen molar-refractivity contribution in [2.75, 3.05) is 0 Å². The standard InChI is InChI=1S/C13H11NO3S/c1-7-3-5-9(6-4-7)12-14-11(16)10(8(2)15)13(17)18-12/h3-6,10H,1-2H3. The first-order valence-corrected chi connectivity index (χ1v) is 6.22. The first-order valence-electron chi connectivity index (χ1n) is 5.41. The summed E-state index contributed by atoms with van der Waals surface area (Å²) >= 11 is 0.855. The summed E-state index contributed by atoms with van der Waals surface area (Å²) < 4.78 is 0. The van der Waals surface area contributed by atoms with Crippen LogP contribution in [0.25, 0.3) is 0 Å². The molecule has 1 aliphatic rings. The zero-order valence-electron chi connectivity index (χ0n) is 9.97. The lowest BCUT2D eigenvalue weighted by molar-refractivity contribution is -0.135. The number of hydrogen-bond donors (Lipinski definition) is 0. The summed E-state index contributed by atoms with van der Waals surface area (Å²) in [6.07, 6.45) is 0. The summed E-state index contributed by atoms with van der Waals surface area (Å²) in [7, 11) is 0. The Bertz CT molecular complexity index is 560. The van der Waals surface area contributed by atoms with Crippen LogP contribution in [-0.4, -0.2) is 21.8 Å². The number of benzene rings is 1. The van der Waals surface area contributed by atoms with Gasteiger partial charge in [0.25, 0.3) is 5.91 Å². The van der Waals surface area contributed by atoms with Crippen molar-refractivity contribution in [2.24, 2.45) is 10.9 Å². The molecule has 4 nitrogen and oxygen atoms in total. The summed E-state index contributed by atoms with van der Waals surface area (Å²) in [5, 5.41) is -0.0828. The fourth-order valence-electron chi connectivity index (χ4n) is 1.60.